The molecule has 1 atom stereocenters. The molecule has 0 aliphatic rings. The maximum absolute atomic E-state index is 10.8. The van der Waals surface area contributed by atoms with Crippen molar-refractivity contribution >= 4 is 5.91 Å². The van der Waals surface area contributed by atoms with Crippen molar-refractivity contribution in [2.24, 2.45) is 5.92 Å². The van der Waals surface area contributed by atoms with E-state index in [0.29, 0.717) is 0 Å². The van der Waals surface area contributed by atoms with Crippen molar-refractivity contribution in [3.05, 3.63) is 0 Å². The van der Waals surface area contributed by atoms with E-state index in [1.54, 1.807) is 6.92 Å². The Labute approximate surface area is 127 Å². The third-order valence-corrected chi connectivity index (χ3v) is 4.09. The number of carbonyl (C=O) groups excluding carboxylic acids is 1. The molecule has 0 saturated carbocycles. The van der Waals surface area contributed by atoms with E-state index in [9.17, 15) is 4.79 Å². The topological polar surface area (TPSA) is 29.1 Å². The summed E-state index contributed by atoms with van der Waals surface area (Å²) in [7, 11) is 0. The van der Waals surface area contributed by atoms with E-state index in [1.165, 1.54) is 70.6 Å². The van der Waals surface area contributed by atoms with Crippen LogP contribution in [0.2, 0.25) is 0 Å². The lowest BCUT2D eigenvalue weighted by Crippen LogP contribution is -2.20. The molecule has 2 nitrogen and oxygen atoms in total. The summed E-state index contributed by atoms with van der Waals surface area (Å²) in [5, 5.41) is 2.89. The Kier molecular flexibility index (Phi) is 14.5. The smallest absolute Gasteiger partial charge is 0.216 e. The molecule has 0 aromatic heterocycles. The lowest BCUT2D eigenvalue weighted by atomic mass is 9.90. The molecule has 120 valence electrons. The predicted octanol–water partition coefficient (Wildman–Crippen LogP) is 5.46. The first kappa shape index (κ1) is 19.5. The maximum Gasteiger partial charge on any atom is 0.216 e. The van der Waals surface area contributed by atoms with Gasteiger partial charge in [0.05, 0.1) is 0 Å². The first-order valence-electron chi connectivity index (χ1n) is 8.95. The monoisotopic (exact) mass is 283 g/mol. The molecule has 0 heterocycles. The minimum atomic E-state index is 0.100. The van der Waals surface area contributed by atoms with E-state index in [0.717, 1.165) is 18.9 Å². The van der Waals surface area contributed by atoms with Crippen LogP contribution in [0, 0.1) is 5.92 Å². The Balaban J connectivity index is 3.64. The number of amides is 1. The molecule has 0 aromatic carbocycles. The van der Waals surface area contributed by atoms with Crippen LogP contribution in [0.4, 0.5) is 0 Å². The van der Waals surface area contributed by atoms with E-state index >= 15 is 0 Å². The van der Waals surface area contributed by atoms with Crippen molar-refractivity contribution < 1.29 is 4.79 Å². The fraction of sp³-hybridized carbons (Fsp3) is 0.944. The van der Waals surface area contributed by atoms with Gasteiger partial charge in [0.25, 0.3) is 0 Å². The fourth-order valence-electron chi connectivity index (χ4n) is 2.78. The van der Waals surface area contributed by atoms with Gasteiger partial charge in [-0.25, -0.2) is 0 Å². The van der Waals surface area contributed by atoms with Crippen molar-refractivity contribution in [2.45, 2.75) is 97.8 Å². The van der Waals surface area contributed by atoms with E-state index < -0.39 is 0 Å². The molecule has 0 aliphatic heterocycles. The van der Waals surface area contributed by atoms with Crippen molar-refractivity contribution in [3.8, 4) is 0 Å². The Bertz CT molecular complexity index is 215. The Morgan fingerprint density at radius 2 is 1.35 bits per heavy atom. The summed E-state index contributed by atoms with van der Waals surface area (Å²) in [6.07, 6.45) is 16.3. The van der Waals surface area contributed by atoms with Crippen LogP contribution in [0.25, 0.3) is 0 Å². The molecule has 0 aromatic rings. The number of rotatable bonds is 14. The van der Waals surface area contributed by atoms with Crippen LogP contribution < -0.4 is 5.32 Å². The second-order valence-corrected chi connectivity index (χ2v) is 6.19. The Morgan fingerprint density at radius 3 is 1.95 bits per heavy atom. The highest BCUT2D eigenvalue weighted by molar-refractivity contribution is 5.72. The highest BCUT2D eigenvalue weighted by Gasteiger charge is 2.08. The third-order valence-electron chi connectivity index (χ3n) is 4.09. The number of carbonyl (C=O) groups is 1. The molecule has 1 unspecified atom stereocenters. The Morgan fingerprint density at radius 1 is 0.800 bits per heavy atom. The molecule has 1 amide bonds. The summed E-state index contributed by atoms with van der Waals surface area (Å²) in [5.41, 5.74) is 0. The van der Waals surface area contributed by atoms with Crippen molar-refractivity contribution in [2.75, 3.05) is 6.54 Å². The van der Waals surface area contributed by atoms with Crippen molar-refractivity contribution in [1.82, 2.24) is 5.32 Å². The van der Waals surface area contributed by atoms with Crippen LogP contribution in [0.3, 0.4) is 0 Å². The minimum Gasteiger partial charge on any atom is -0.356 e. The van der Waals surface area contributed by atoms with Crippen LogP contribution in [0.5, 0.6) is 0 Å². The normalized spacial score (nSPS) is 12.3. The van der Waals surface area contributed by atoms with Crippen LogP contribution in [0.1, 0.15) is 97.8 Å². The van der Waals surface area contributed by atoms with Gasteiger partial charge in [-0.05, 0) is 12.3 Å². The van der Waals surface area contributed by atoms with Gasteiger partial charge in [0.15, 0.2) is 0 Å². The van der Waals surface area contributed by atoms with Gasteiger partial charge in [-0.3, -0.25) is 4.79 Å². The van der Waals surface area contributed by atoms with Crippen LogP contribution in [-0.2, 0) is 4.79 Å². The van der Waals surface area contributed by atoms with E-state index in [-0.39, 0.29) is 5.91 Å². The van der Waals surface area contributed by atoms with Gasteiger partial charge in [0.2, 0.25) is 5.91 Å². The molecule has 0 fully saturated rings. The molecule has 20 heavy (non-hydrogen) atoms. The zero-order valence-corrected chi connectivity index (χ0v) is 14.2. The second-order valence-electron chi connectivity index (χ2n) is 6.19. The van der Waals surface area contributed by atoms with Gasteiger partial charge in [-0.2, -0.15) is 0 Å². The first-order valence-corrected chi connectivity index (χ1v) is 8.95. The average molecular weight is 283 g/mol. The van der Waals surface area contributed by atoms with Gasteiger partial charge >= 0.3 is 0 Å². The minimum absolute atomic E-state index is 0.100. The standard InChI is InChI=1S/C18H37NO/c1-4-6-8-9-10-14-18(13-7-5-2)15-11-12-16-19-17(3)20/h18H,4-16H2,1-3H3,(H,19,20). The van der Waals surface area contributed by atoms with Crippen LogP contribution >= 0.6 is 0 Å². The van der Waals surface area contributed by atoms with E-state index in [1.807, 2.05) is 0 Å². The van der Waals surface area contributed by atoms with Gasteiger partial charge in [-0.1, -0.05) is 84.5 Å². The predicted molar refractivity (Wildman–Crippen MR) is 88.9 cm³/mol. The van der Waals surface area contributed by atoms with Crippen LogP contribution in [-0.4, -0.2) is 12.5 Å². The van der Waals surface area contributed by atoms with Gasteiger partial charge in [-0.15, -0.1) is 0 Å². The molecule has 0 saturated heterocycles. The molecule has 0 rings (SSSR count). The molecule has 0 spiro atoms. The molecule has 0 radical (unpaired) electrons. The second kappa shape index (κ2) is 14.9. The maximum atomic E-state index is 10.8. The Hall–Kier alpha value is -0.530. The molecule has 0 aliphatic carbocycles. The fourth-order valence-corrected chi connectivity index (χ4v) is 2.78. The number of hydrogen-bond acceptors (Lipinski definition) is 1. The summed E-state index contributed by atoms with van der Waals surface area (Å²) in [4.78, 5) is 10.8. The summed E-state index contributed by atoms with van der Waals surface area (Å²) < 4.78 is 0. The number of unbranched alkanes of at least 4 members (excludes halogenated alkanes) is 6. The van der Waals surface area contributed by atoms with Gasteiger partial charge < -0.3 is 5.32 Å². The quantitative estimate of drug-likeness (QED) is 0.421. The zero-order chi connectivity index (χ0) is 15.1. The zero-order valence-electron chi connectivity index (χ0n) is 14.2. The molecule has 0 bridgehead atoms. The average Bonchev–Trinajstić information content (AvgIpc) is 2.42. The number of nitrogens with one attached hydrogen (secondary N) is 1. The highest BCUT2D eigenvalue weighted by atomic mass is 16.1. The molecular weight excluding hydrogens is 246 g/mol. The first-order chi connectivity index (χ1) is 9.70. The summed E-state index contributed by atoms with van der Waals surface area (Å²) in [6, 6.07) is 0. The number of hydrogen-bond donors (Lipinski definition) is 1. The van der Waals surface area contributed by atoms with Crippen molar-refractivity contribution in [1.29, 1.82) is 0 Å². The highest BCUT2D eigenvalue weighted by Crippen LogP contribution is 2.22. The largest absolute Gasteiger partial charge is 0.356 e. The third kappa shape index (κ3) is 13.9. The SMILES string of the molecule is CCCCCCCC(CCCC)CCCCNC(C)=O. The van der Waals surface area contributed by atoms with Gasteiger partial charge in [0.1, 0.15) is 0 Å². The summed E-state index contributed by atoms with van der Waals surface area (Å²) >= 11 is 0. The van der Waals surface area contributed by atoms with Crippen molar-refractivity contribution in [3.63, 3.8) is 0 Å². The van der Waals surface area contributed by atoms with Crippen LogP contribution in [0.15, 0.2) is 0 Å². The summed E-state index contributed by atoms with van der Waals surface area (Å²) in [6.45, 7) is 7.01. The lowest BCUT2D eigenvalue weighted by Gasteiger charge is -2.16. The molecule has 2 heteroatoms. The van der Waals surface area contributed by atoms with E-state index in [2.05, 4.69) is 19.2 Å². The summed E-state index contributed by atoms with van der Waals surface area (Å²) in [5.74, 6) is 1.03. The van der Waals surface area contributed by atoms with E-state index in [4.69, 9.17) is 0 Å². The molecular formula is C18H37NO. The molecule has 1 N–H and O–H groups in total. The van der Waals surface area contributed by atoms with Gasteiger partial charge in [0, 0.05) is 13.5 Å². The lowest BCUT2D eigenvalue weighted by molar-refractivity contribution is -0.118.